The van der Waals surface area contributed by atoms with E-state index in [4.69, 9.17) is 10.5 Å². The second kappa shape index (κ2) is 6.28. The molecule has 3 heteroatoms. The van der Waals surface area contributed by atoms with Crippen molar-refractivity contribution in [2.24, 2.45) is 5.92 Å². The van der Waals surface area contributed by atoms with Gasteiger partial charge >= 0.3 is 5.97 Å². The number of rotatable bonds is 5. The molecular weight excluding hydrogens is 214 g/mol. The Balaban J connectivity index is 2.44. The van der Waals surface area contributed by atoms with E-state index in [0.717, 1.165) is 18.4 Å². The standard InChI is InChI=1S/C14H21NO2/c1-10(2)5-4-8-17-14(16)12-7-6-11(3)13(15)9-12/h6-7,9-10H,4-5,8,15H2,1-3H3. The molecule has 0 fully saturated rings. The van der Waals surface area contributed by atoms with Gasteiger partial charge in [0.15, 0.2) is 0 Å². The van der Waals surface area contributed by atoms with Crippen molar-refractivity contribution < 1.29 is 9.53 Å². The number of aryl methyl sites for hydroxylation is 1. The van der Waals surface area contributed by atoms with Gasteiger partial charge in [-0.05, 0) is 43.4 Å². The highest BCUT2D eigenvalue weighted by Crippen LogP contribution is 2.14. The van der Waals surface area contributed by atoms with Crippen molar-refractivity contribution in [1.82, 2.24) is 0 Å². The molecule has 17 heavy (non-hydrogen) atoms. The molecule has 94 valence electrons. The predicted octanol–water partition coefficient (Wildman–Crippen LogP) is 3.17. The minimum absolute atomic E-state index is 0.291. The third kappa shape index (κ3) is 4.47. The van der Waals surface area contributed by atoms with Gasteiger partial charge in [0.2, 0.25) is 0 Å². The summed E-state index contributed by atoms with van der Waals surface area (Å²) in [6.07, 6.45) is 1.98. The van der Waals surface area contributed by atoms with Crippen molar-refractivity contribution in [3.8, 4) is 0 Å². The number of carbonyl (C=O) groups excluding carboxylic acids is 1. The molecule has 0 atom stereocenters. The Morgan fingerprint density at radius 3 is 2.71 bits per heavy atom. The van der Waals surface area contributed by atoms with Crippen LogP contribution in [-0.2, 0) is 4.74 Å². The maximum Gasteiger partial charge on any atom is 0.338 e. The zero-order chi connectivity index (χ0) is 12.8. The van der Waals surface area contributed by atoms with Crippen LogP contribution < -0.4 is 5.73 Å². The summed E-state index contributed by atoms with van der Waals surface area (Å²) >= 11 is 0. The molecule has 0 aliphatic carbocycles. The van der Waals surface area contributed by atoms with E-state index < -0.39 is 0 Å². The summed E-state index contributed by atoms with van der Waals surface area (Å²) in [6, 6.07) is 5.25. The fraction of sp³-hybridized carbons (Fsp3) is 0.500. The highest BCUT2D eigenvalue weighted by molar-refractivity contribution is 5.90. The second-order valence-electron chi connectivity index (χ2n) is 4.74. The van der Waals surface area contributed by atoms with E-state index >= 15 is 0 Å². The Kier molecular flexibility index (Phi) is 5.01. The van der Waals surface area contributed by atoms with Gasteiger partial charge in [0.1, 0.15) is 0 Å². The van der Waals surface area contributed by atoms with Crippen molar-refractivity contribution in [1.29, 1.82) is 0 Å². The normalized spacial score (nSPS) is 10.6. The monoisotopic (exact) mass is 235 g/mol. The van der Waals surface area contributed by atoms with Gasteiger partial charge in [-0.1, -0.05) is 19.9 Å². The molecule has 0 aliphatic heterocycles. The van der Waals surface area contributed by atoms with Crippen LogP contribution in [0.4, 0.5) is 5.69 Å². The number of nitrogens with two attached hydrogens (primary N) is 1. The van der Waals surface area contributed by atoms with Gasteiger partial charge in [-0.2, -0.15) is 0 Å². The topological polar surface area (TPSA) is 52.3 Å². The minimum atomic E-state index is -0.291. The molecule has 1 aromatic rings. The summed E-state index contributed by atoms with van der Waals surface area (Å²) in [5.74, 6) is 0.351. The molecule has 3 nitrogen and oxygen atoms in total. The third-order valence-corrected chi connectivity index (χ3v) is 2.67. The Bertz CT molecular complexity index is 386. The molecule has 0 aliphatic rings. The average Bonchev–Trinajstić information content (AvgIpc) is 2.27. The number of benzene rings is 1. The Morgan fingerprint density at radius 2 is 2.12 bits per heavy atom. The average molecular weight is 235 g/mol. The van der Waals surface area contributed by atoms with Gasteiger partial charge in [-0.15, -0.1) is 0 Å². The fourth-order valence-electron chi connectivity index (χ4n) is 1.51. The fourth-order valence-corrected chi connectivity index (χ4v) is 1.51. The van der Waals surface area contributed by atoms with Crippen LogP contribution in [0.15, 0.2) is 18.2 Å². The van der Waals surface area contributed by atoms with Crippen molar-refractivity contribution in [2.75, 3.05) is 12.3 Å². The van der Waals surface area contributed by atoms with Crippen molar-refractivity contribution in [3.05, 3.63) is 29.3 Å². The van der Waals surface area contributed by atoms with E-state index in [1.54, 1.807) is 12.1 Å². The van der Waals surface area contributed by atoms with Crippen LogP contribution in [0.2, 0.25) is 0 Å². The van der Waals surface area contributed by atoms with Gasteiger partial charge in [-0.25, -0.2) is 4.79 Å². The first-order chi connectivity index (χ1) is 8.00. The lowest BCUT2D eigenvalue weighted by Gasteiger charge is -2.07. The van der Waals surface area contributed by atoms with Crippen LogP contribution in [0.5, 0.6) is 0 Å². The first-order valence-corrected chi connectivity index (χ1v) is 6.04. The lowest BCUT2D eigenvalue weighted by Crippen LogP contribution is -2.08. The number of esters is 1. The summed E-state index contributed by atoms with van der Waals surface area (Å²) in [5, 5.41) is 0. The molecule has 0 aromatic heterocycles. The number of hydrogen-bond acceptors (Lipinski definition) is 3. The molecule has 0 radical (unpaired) electrons. The summed E-state index contributed by atoms with van der Waals surface area (Å²) in [4.78, 5) is 11.7. The van der Waals surface area contributed by atoms with E-state index in [9.17, 15) is 4.79 Å². The number of carbonyl (C=O) groups is 1. The van der Waals surface area contributed by atoms with Crippen LogP contribution in [0.25, 0.3) is 0 Å². The smallest absolute Gasteiger partial charge is 0.338 e. The van der Waals surface area contributed by atoms with Gasteiger partial charge in [0.05, 0.1) is 12.2 Å². The first kappa shape index (κ1) is 13.6. The van der Waals surface area contributed by atoms with Crippen LogP contribution in [0.1, 0.15) is 42.6 Å². The second-order valence-corrected chi connectivity index (χ2v) is 4.74. The predicted molar refractivity (Wildman–Crippen MR) is 69.9 cm³/mol. The molecular formula is C14H21NO2. The maximum atomic E-state index is 11.7. The molecule has 0 bridgehead atoms. The van der Waals surface area contributed by atoms with Crippen molar-refractivity contribution in [3.63, 3.8) is 0 Å². The van der Waals surface area contributed by atoms with Crippen LogP contribution >= 0.6 is 0 Å². The Morgan fingerprint density at radius 1 is 1.41 bits per heavy atom. The van der Waals surface area contributed by atoms with Gasteiger partial charge < -0.3 is 10.5 Å². The number of nitrogen functional groups attached to an aromatic ring is 1. The minimum Gasteiger partial charge on any atom is -0.462 e. The van der Waals surface area contributed by atoms with Crippen LogP contribution in [0.3, 0.4) is 0 Å². The summed E-state index contributed by atoms with van der Waals surface area (Å²) in [7, 11) is 0. The SMILES string of the molecule is Cc1ccc(C(=O)OCCCC(C)C)cc1N. The van der Waals surface area contributed by atoms with E-state index in [1.165, 1.54) is 0 Å². The van der Waals surface area contributed by atoms with E-state index in [1.807, 2.05) is 13.0 Å². The molecule has 0 saturated heterocycles. The van der Waals surface area contributed by atoms with Crippen molar-refractivity contribution in [2.45, 2.75) is 33.6 Å². The molecule has 0 spiro atoms. The zero-order valence-electron chi connectivity index (χ0n) is 10.8. The first-order valence-electron chi connectivity index (χ1n) is 6.04. The Labute approximate surface area is 103 Å². The number of hydrogen-bond donors (Lipinski definition) is 1. The summed E-state index contributed by atoms with van der Waals surface area (Å²) < 4.78 is 5.18. The molecule has 0 unspecified atom stereocenters. The highest BCUT2D eigenvalue weighted by Gasteiger charge is 2.08. The lowest BCUT2D eigenvalue weighted by molar-refractivity contribution is 0.0495. The third-order valence-electron chi connectivity index (χ3n) is 2.67. The van der Waals surface area contributed by atoms with Gasteiger partial charge in [-0.3, -0.25) is 0 Å². The largest absolute Gasteiger partial charge is 0.462 e. The quantitative estimate of drug-likeness (QED) is 0.484. The molecule has 1 rings (SSSR count). The van der Waals surface area contributed by atoms with E-state index in [0.29, 0.717) is 23.8 Å². The summed E-state index contributed by atoms with van der Waals surface area (Å²) in [6.45, 7) is 6.70. The molecule has 1 aromatic carbocycles. The van der Waals surface area contributed by atoms with E-state index in [2.05, 4.69) is 13.8 Å². The number of ether oxygens (including phenoxy) is 1. The molecule has 0 heterocycles. The van der Waals surface area contributed by atoms with Crippen LogP contribution in [-0.4, -0.2) is 12.6 Å². The molecule has 0 saturated carbocycles. The van der Waals surface area contributed by atoms with Gasteiger partial charge in [0.25, 0.3) is 0 Å². The van der Waals surface area contributed by atoms with Crippen LogP contribution in [0, 0.1) is 12.8 Å². The maximum absolute atomic E-state index is 11.7. The number of anilines is 1. The Hall–Kier alpha value is -1.51. The highest BCUT2D eigenvalue weighted by atomic mass is 16.5. The molecule has 2 N–H and O–H groups in total. The lowest BCUT2D eigenvalue weighted by atomic mass is 10.1. The van der Waals surface area contributed by atoms with Gasteiger partial charge in [0, 0.05) is 5.69 Å². The van der Waals surface area contributed by atoms with Crippen molar-refractivity contribution >= 4 is 11.7 Å². The van der Waals surface area contributed by atoms with E-state index in [-0.39, 0.29) is 5.97 Å². The molecule has 0 amide bonds. The zero-order valence-corrected chi connectivity index (χ0v) is 10.8. The summed E-state index contributed by atoms with van der Waals surface area (Å²) in [5.41, 5.74) is 7.87.